The second-order valence-corrected chi connectivity index (χ2v) is 3.92. The average molecular weight is 262 g/mol. The molecule has 0 aliphatic carbocycles. The highest BCUT2D eigenvalue weighted by molar-refractivity contribution is 5.94. The quantitative estimate of drug-likeness (QED) is 0.750. The fourth-order valence-electron chi connectivity index (χ4n) is 1.62. The average Bonchev–Trinajstić information content (AvgIpc) is 2.47. The van der Waals surface area contributed by atoms with Crippen molar-refractivity contribution in [3.63, 3.8) is 0 Å². The number of benzene rings is 1. The van der Waals surface area contributed by atoms with Crippen LogP contribution in [0.5, 0.6) is 5.75 Å². The van der Waals surface area contributed by atoms with E-state index in [0.29, 0.717) is 37.4 Å². The molecule has 0 unspecified atom stereocenters. The maximum absolute atomic E-state index is 12.3. The van der Waals surface area contributed by atoms with Crippen molar-refractivity contribution in [1.29, 1.82) is 5.26 Å². The number of nitrogens with zero attached hydrogens (tertiary/aromatic N) is 2. The van der Waals surface area contributed by atoms with Gasteiger partial charge in [0.25, 0.3) is 5.91 Å². The van der Waals surface area contributed by atoms with Gasteiger partial charge >= 0.3 is 0 Å². The Bertz CT molecular complexity index is 437. The van der Waals surface area contributed by atoms with Gasteiger partial charge in [-0.1, -0.05) is 0 Å². The predicted molar refractivity (Wildman–Crippen MR) is 71.0 cm³/mol. The maximum atomic E-state index is 12.3. The van der Waals surface area contributed by atoms with Crippen molar-refractivity contribution >= 4 is 5.91 Å². The molecular formula is C14H18N2O3. The number of hydrogen-bond donors (Lipinski definition) is 0. The SMILES string of the molecule is COCCN(CCC#N)C(=O)c1ccc(OC)cc1. The number of methoxy groups -OCH3 is 2. The molecule has 0 aliphatic rings. The molecule has 0 atom stereocenters. The zero-order chi connectivity index (χ0) is 14.1. The highest BCUT2D eigenvalue weighted by Gasteiger charge is 2.15. The first-order valence-electron chi connectivity index (χ1n) is 6.02. The van der Waals surface area contributed by atoms with Gasteiger partial charge in [0.05, 0.1) is 26.2 Å². The Morgan fingerprint density at radius 1 is 1.26 bits per heavy atom. The number of carbonyl (C=O) groups is 1. The molecule has 0 saturated heterocycles. The molecule has 0 saturated carbocycles. The van der Waals surface area contributed by atoms with Crippen LogP contribution in [-0.2, 0) is 4.74 Å². The topological polar surface area (TPSA) is 62.6 Å². The third kappa shape index (κ3) is 4.60. The number of rotatable bonds is 7. The van der Waals surface area contributed by atoms with Crippen molar-refractivity contribution in [2.45, 2.75) is 6.42 Å². The third-order valence-corrected chi connectivity index (χ3v) is 2.68. The fourth-order valence-corrected chi connectivity index (χ4v) is 1.62. The Hall–Kier alpha value is -2.06. The van der Waals surface area contributed by atoms with Crippen LogP contribution >= 0.6 is 0 Å². The first-order valence-corrected chi connectivity index (χ1v) is 6.02. The Kier molecular flexibility index (Phi) is 6.41. The minimum atomic E-state index is -0.102. The Morgan fingerprint density at radius 3 is 2.47 bits per heavy atom. The Balaban J connectivity index is 2.75. The summed E-state index contributed by atoms with van der Waals surface area (Å²) in [5, 5.41) is 8.63. The monoisotopic (exact) mass is 262 g/mol. The lowest BCUT2D eigenvalue weighted by molar-refractivity contribution is 0.0700. The smallest absolute Gasteiger partial charge is 0.253 e. The molecule has 5 nitrogen and oxygen atoms in total. The second kappa shape index (κ2) is 8.11. The van der Waals surface area contributed by atoms with Gasteiger partial charge in [0.15, 0.2) is 0 Å². The summed E-state index contributed by atoms with van der Waals surface area (Å²) in [6, 6.07) is 8.96. The minimum absolute atomic E-state index is 0.102. The lowest BCUT2D eigenvalue weighted by Gasteiger charge is -2.21. The first-order chi connectivity index (χ1) is 9.22. The van der Waals surface area contributed by atoms with Gasteiger partial charge < -0.3 is 14.4 Å². The van der Waals surface area contributed by atoms with E-state index >= 15 is 0 Å². The van der Waals surface area contributed by atoms with Crippen molar-refractivity contribution < 1.29 is 14.3 Å². The number of hydrogen-bond acceptors (Lipinski definition) is 4. The molecule has 1 rings (SSSR count). The van der Waals surface area contributed by atoms with Crippen LogP contribution in [0.15, 0.2) is 24.3 Å². The summed E-state index contributed by atoms with van der Waals surface area (Å²) in [5.41, 5.74) is 0.579. The van der Waals surface area contributed by atoms with E-state index < -0.39 is 0 Å². The second-order valence-electron chi connectivity index (χ2n) is 3.92. The summed E-state index contributed by atoms with van der Waals surface area (Å²) in [4.78, 5) is 13.9. The molecule has 1 aromatic carbocycles. The minimum Gasteiger partial charge on any atom is -0.497 e. The maximum Gasteiger partial charge on any atom is 0.253 e. The summed E-state index contributed by atoms with van der Waals surface area (Å²) in [5.74, 6) is 0.604. The van der Waals surface area contributed by atoms with Gasteiger partial charge in [-0.25, -0.2) is 0 Å². The van der Waals surface area contributed by atoms with Crippen molar-refractivity contribution in [3.8, 4) is 11.8 Å². The van der Waals surface area contributed by atoms with E-state index in [1.807, 2.05) is 6.07 Å². The van der Waals surface area contributed by atoms with Gasteiger partial charge in [-0.2, -0.15) is 5.26 Å². The van der Waals surface area contributed by atoms with Crippen LogP contribution in [0.4, 0.5) is 0 Å². The van der Waals surface area contributed by atoms with Crippen LogP contribution in [0.3, 0.4) is 0 Å². The molecule has 1 aromatic rings. The largest absolute Gasteiger partial charge is 0.497 e. The molecule has 5 heteroatoms. The van der Waals surface area contributed by atoms with E-state index in [2.05, 4.69) is 0 Å². The molecule has 0 heterocycles. The fraction of sp³-hybridized carbons (Fsp3) is 0.429. The number of carbonyl (C=O) groups excluding carboxylic acids is 1. The van der Waals surface area contributed by atoms with E-state index in [9.17, 15) is 4.79 Å². The summed E-state index contributed by atoms with van der Waals surface area (Å²) < 4.78 is 10.0. The van der Waals surface area contributed by atoms with Crippen LogP contribution in [0.1, 0.15) is 16.8 Å². The zero-order valence-electron chi connectivity index (χ0n) is 11.3. The molecule has 0 spiro atoms. The standard InChI is InChI=1S/C14H18N2O3/c1-18-11-10-16(9-3-8-15)14(17)12-4-6-13(19-2)7-5-12/h4-7H,3,9-11H2,1-2H3. The Labute approximate surface area is 113 Å². The van der Waals surface area contributed by atoms with E-state index in [1.54, 1.807) is 43.4 Å². The van der Waals surface area contributed by atoms with E-state index in [1.165, 1.54) is 0 Å². The van der Waals surface area contributed by atoms with Crippen LogP contribution in [0.2, 0.25) is 0 Å². The molecular weight excluding hydrogens is 244 g/mol. The van der Waals surface area contributed by atoms with Gasteiger partial charge in [0.2, 0.25) is 0 Å². The number of ether oxygens (including phenoxy) is 2. The molecule has 19 heavy (non-hydrogen) atoms. The normalized spacial score (nSPS) is 9.74. The highest BCUT2D eigenvalue weighted by Crippen LogP contribution is 2.13. The van der Waals surface area contributed by atoms with Gasteiger partial charge in [0.1, 0.15) is 5.75 Å². The molecule has 0 fully saturated rings. The van der Waals surface area contributed by atoms with Crippen LogP contribution in [0.25, 0.3) is 0 Å². The van der Waals surface area contributed by atoms with Crippen molar-refractivity contribution in [1.82, 2.24) is 4.90 Å². The molecule has 0 bridgehead atoms. The van der Waals surface area contributed by atoms with E-state index in [4.69, 9.17) is 14.7 Å². The van der Waals surface area contributed by atoms with Gasteiger partial charge in [-0.3, -0.25) is 4.79 Å². The molecule has 0 aliphatic heterocycles. The van der Waals surface area contributed by atoms with Gasteiger partial charge in [0, 0.05) is 25.8 Å². The van der Waals surface area contributed by atoms with Gasteiger partial charge in [-0.05, 0) is 24.3 Å². The Morgan fingerprint density at radius 2 is 1.95 bits per heavy atom. The molecule has 102 valence electrons. The van der Waals surface area contributed by atoms with Crippen LogP contribution in [-0.4, -0.2) is 44.7 Å². The molecule has 0 N–H and O–H groups in total. The molecule has 0 aromatic heterocycles. The summed E-state index contributed by atoms with van der Waals surface area (Å²) in [6.07, 6.45) is 0.311. The zero-order valence-corrected chi connectivity index (χ0v) is 11.3. The van der Waals surface area contributed by atoms with Crippen molar-refractivity contribution in [3.05, 3.63) is 29.8 Å². The third-order valence-electron chi connectivity index (χ3n) is 2.68. The molecule has 0 radical (unpaired) electrons. The van der Waals surface area contributed by atoms with Crippen molar-refractivity contribution in [2.75, 3.05) is 33.9 Å². The van der Waals surface area contributed by atoms with E-state index in [0.717, 1.165) is 0 Å². The van der Waals surface area contributed by atoms with Gasteiger partial charge in [-0.15, -0.1) is 0 Å². The summed E-state index contributed by atoms with van der Waals surface area (Å²) in [7, 11) is 3.16. The predicted octanol–water partition coefficient (Wildman–Crippen LogP) is 1.70. The number of amides is 1. The van der Waals surface area contributed by atoms with Crippen molar-refractivity contribution in [2.24, 2.45) is 0 Å². The highest BCUT2D eigenvalue weighted by atomic mass is 16.5. The summed E-state index contributed by atoms with van der Waals surface area (Å²) >= 11 is 0. The molecule has 1 amide bonds. The number of nitriles is 1. The first kappa shape index (κ1) is 15.0. The summed E-state index contributed by atoms with van der Waals surface area (Å²) in [6.45, 7) is 1.33. The lowest BCUT2D eigenvalue weighted by atomic mass is 10.2. The van der Waals surface area contributed by atoms with E-state index in [-0.39, 0.29) is 5.91 Å². The lowest BCUT2D eigenvalue weighted by Crippen LogP contribution is -2.34. The van der Waals surface area contributed by atoms with Crippen LogP contribution < -0.4 is 4.74 Å². The van der Waals surface area contributed by atoms with Crippen LogP contribution in [0, 0.1) is 11.3 Å².